The number of nitrogens with one attached hydrogen (secondary N) is 1. The third kappa shape index (κ3) is 6.01. The molecule has 0 atom stereocenters. The minimum absolute atomic E-state index is 0. The number of carbonyl (C=O) groups is 1. The van der Waals surface area contributed by atoms with E-state index in [0.29, 0.717) is 12.1 Å². The van der Waals surface area contributed by atoms with E-state index in [2.05, 4.69) is 10.3 Å². The lowest BCUT2D eigenvalue weighted by molar-refractivity contribution is -0.141. The Kier molecular flexibility index (Phi) is 7.57. The third-order valence-electron chi connectivity index (χ3n) is 4.61. The second kappa shape index (κ2) is 10.2. The maximum Gasteiger partial charge on any atom is 0.433 e. The minimum Gasteiger partial charge on any atom is -0.439 e. The predicted molar refractivity (Wildman–Crippen MR) is 124 cm³/mol. The van der Waals surface area contributed by atoms with Crippen molar-refractivity contribution in [3.05, 3.63) is 88.4 Å². The van der Waals surface area contributed by atoms with Gasteiger partial charge in [-0.3, -0.25) is 4.79 Å². The van der Waals surface area contributed by atoms with Gasteiger partial charge in [0.25, 0.3) is 5.91 Å². The van der Waals surface area contributed by atoms with Crippen LogP contribution >= 0.6 is 23.7 Å². The van der Waals surface area contributed by atoms with E-state index in [9.17, 15) is 18.0 Å². The number of pyridine rings is 1. The van der Waals surface area contributed by atoms with E-state index >= 15 is 0 Å². The first-order valence-electron chi connectivity index (χ1n) is 9.63. The number of ether oxygens (including phenoxy) is 1. The first kappa shape index (κ1) is 24.5. The number of aromatic nitrogens is 1. The molecule has 3 N–H and O–H groups in total. The summed E-state index contributed by atoms with van der Waals surface area (Å²) in [6, 6.07) is 18.3. The number of amides is 1. The standard InChI is InChI=1S/C23H18F3N3O2S.ClH/c24-23(25,26)20-8-14(12-27)9-21(29-20)31-17-6-3-5-16(10-17)22(30)28-13-18-11-15-4-1-2-7-19(15)32-18;/h1-11H,12-13,27H2,(H,28,30);1H. The van der Waals surface area contributed by atoms with Crippen LogP contribution in [0.1, 0.15) is 26.5 Å². The Morgan fingerprint density at radius 1 is 1.06 bits per heavy atom. The monoisotopic (exact) mass is 493 g/mol. The van der Waals surface area contributed by atoms with Crippen molar-refractivity contribution < 1.29 is 22.7 Å². The fourth-order valence-electron chi connectivity index (χ4n) is 3.09. The Balaban J connectivity index is 0.00000306. The van der Waals surface area contributed by atoms with Crippen molar-refractivity contribution in [2.24, 2.45) is 5.73 Å². The molecule has 2 aromatic carbocycles. The number of carbonyl (C=O) groups excluding carboxylic acids is 1. The lowest BCUT2D eigenvalue weighted by atomic mass is 10.2. The van der Waals surface area contributed by atoms with Crippen molar-refractivity contribution >= 4 is 39.7 Å². The van der Waals surface area contributed by atoms with Gasteiger partial charge in [0.05, 0.1) is 6.54 Å². The van der Waals surface area contributed by atoms with E-state index in [0.717, 1.165) is 21.0 Å². The van der Waals surface area contributed by atoms with Gasteiger partial charge < -0.3 is 15.8 Å². The number of fused-ring (bicyclic) bond motifs is 1. The van der Waals surface area contributed by atoms with Gasteiger partial charge in [0.15, 0.2) is 0 Å². The molecule has 10 heteroatoms. The Bertz CT molecular complexity index is 1240. The SMILES string of the molecule is Cl.NCc1cc(Oc2cccc(C(=O)NCc3cc4ccccc4s3)c2)nc(C(F)(F)F)c1. The summed E-state index contributed by atoms with van der Waals surface area (Å²) in [6.07, 6.45) is -4.63. The van der Waals surface area contributed by atoms with Crippen LogP contribution in [-0.2, 0) is 19.3 Å². The number of hydrogen-bond acceptors (Lipinski definition) is 5. The third-order valence-corrected chi connectivity index (χ3v) is 5.72. The van der Waals surface area contributed by atoms with Crippen LogP contribution in [0.3, 0.4) is 0 Å². The zero-order valence-corrected chi connectivity index (χ0v) is 18.7. The zero-order valence-electron chi connectivity index (χ0n) is 17.1. The summed E-state index contributed by atoms with van der Waals surface area (Å²) in [7, 11) is 0. The molecule has 0 saturated heterocycles. The molecule has 0 aliphatic rings. The molecule has 0 radical (unpaired) electrons. The largest absolute Gasteiger partial charge is 0.439 e. The average molecular weight is 494 g/mol. The number of alkyl halides is 3. The number of hydrogen-bond donors (Lipinski definition) is 2. The van der Waals surface area contributed by atoms with Gasteiger partial charge in [0.1, 0.15) is 11.4 Å². The predicted octanol–water partition coefficient (Wildman–Crippen LogP) is 5.92. The number of benzene rings is 2. The summed E-state index contributed by atoms with van der Waals surface area (Å²) >= 11 is 1.60. The van der Waals surface area contributed by atoms with E-state index in [1.807, 2.05) is 30.3 Å². The Hall–Kier alpha value is -3.14. The summed E-state index contributed by atoms with van der Waals surface area (Å²) in [5.41, 5.74) is 4.95. The van der Waals surface area contributed by atoms with Crippen LogP contribution in [0, 0.1) is 0 Å². The highest BCUT2D eigenvalue weighted by Crippen LogP contribution is 2.31. The molecule has 0 bridgehead atoms. The number of rotatable bonds is 6. The molecule has 0 fully saturated rings. The molecule has 5 nitrogen and oxygen atoms in total. The van der Waals surface area contributed by atoms with Gasteiger partial charge in [-0.1, -0.05) is 24.3 Å². The van der Waals surface area contributed by atoms with Crippen molar-refractivity contribution in [3.8, 4) is 11.6 Å². The van der Waals surface area contributed by atoms with E-state index in [-0.39, 0.29) is 42.1 Å². The molecule has 1 amide bonds. The van der Waals surface area contributed by atoms with Crippen LogP contribution in [0.25, 0.3) is 10.1 Å². The van der Waals surface area contributed by atoms with Crippen molar-refractivity contribution in [2.75, 3.05) is 0 Å². The van der Waals surface area contributed by atoms with E-state index < -0.39 is 11.9 Å². The van der Waals surface area contributed by atoms with Crippen molar-refractivity contribution in [2.45, 2.75) is 19.3 Å². The fraction of sp³-hybridized carbons (Fsp3) is 0.130. The molecule has 4 aromatic rings. The quantitative estimate of drug-likeness (QED) is 0.349. The fourth-order valence-corrected chi connectivity index (χ4v) is 4.09. The number of thiophene rings is 1. The van der Waals surface area contributed by atoms with E-state index in [4.69, 9.17) is 10.5 Å². The Labute approximate surface area is 197 Å². The molecule has 4 rings (SSSR count). The van der Waals surface area contributed by atoms with Crippen LogP contribution in [-0.4, -0.2) is 10.9 Å². The van der Waals surface area contributed by atoms with Crippen molar-refractivity contribution in [1.29, 1.82) is 0 Å². The van der Waals surface area contributed by atoms with Crippen LogP contribution in [0.4, 0.5) is 13.2 Å². The molecule has 0 aliphatic carbocycles. The Morgan fingerprint density at radius 2 is 1.85 bits per heavy atom. The summed E-state index contributed by atoms with van der Waals surface area (Å²) in [5.74, 6) is -0.384. The number of halogens is 4. The molecule has 0 spiro atoms. The second-order valence-electron chi connectivity index (χ2n) is 6.96. The molecule has 0 aliphatic heterocycles. The summed E-state index contributed by atoms with van der Waals surface area (Å²) < 4.78 is 45.9. The normalized spacial score (nSPS) is 11.2. The molecule has 2 heterocycles. The summed E-state index contributed by atoms with van der Waals surface area (Å²) in [6.45, 7) is 0.264. The maximum absolute atomic E-state index is 13.1. The molecular formula is C23H19ClF3N3O2S. The molecule has 33 heavy (non-hydrogen) atoms. The van der Waals surface area contributed by atoms with Gasteiger partial charge in [-0.05, 0) is 47.3 Å². The van der Waals surface area contributed by atoms with Gasteiger partial charge in [-0.2, -0.15) is 13.2 Å². The summed E-state index contributed by atoms with van der Waals surface area (Å²) in [4.78, 5) is 17.1. The van der Waals surface area contributed by atoms with E-state index in [1.54, 1.807) is 23.5 Å². The van der Waals surface area contributed by atoms with Crippen LogP contribution in [0.15, 0.2) is 66.7 Å². The first-order valence-corrected chi connectivity index (χ1v) is 10.5. The van der Waals surface area contributed by atoms with Crippen molar-refractivity contribution in [1.82, 2.24) is 10.3 Å². The highest BCUT2D eigenvalue weighted by Gasteiger charge is 2.33. The van der Waals surface area contributed by atoms with Gasteiger partial charge in [-0.15, -0.1) is 23.7 Å². The van der Waals surface area contributed by atoms with Gasteiger partial charge in [-0.25, -0.2) is 4.98 Å². The highest BCUT2D eigenvalue weighted by atomic mass is 35.5. The smallest absolute Gasteiger partial charge is 0.433 e. The summed E-state index contributed by atoms with van der Waals surface area (Å²) in [5, 5.41) is 3.96. The van der Waals surface area contributed by atoms with Gasteiger partial charge in [0, 0.05) is 27.8 Å². The second-order valence-corrected chi connectivity index (χ2v) is 8.13. The lowest BCUT2D eigenvalue weighted by Gasteiger charge is -2.12. The lowest BCUT2D eigenvalue weighted by Crippen LogP contribution is -2.22. The minimum atomic E-state index is -4.63. The number of nitrogens with two attached hydrogens (primary N) is 1. The van der Waals surface area contributed by atoms with Crippen LogP contribution < -0.4 is 15.8 Å². The molecule has 172 valence electrons. The zero-order chi connectivity index (χ0) is 22.7. The van der Waals surface area contributed by atoms with E-state index in [1.165, 1.54) is 18.2 Å². The average Bonchev–Trinajstić information content (AvgIpc) is 3.20. The van der Waals surface area contributed by atoms with Gasteiger partial charge in [0.2, 0.25) is 5.88 Å². The molecule has 2 aromatic heterocycles. The van der Waals surface area contributed by atoms with Crippen LogP contribution in [0.2, 0.25) is 0 Å². The topological polar surface area (TPSA) is 77.2 Å². The molecule has 0 unspecified atom stereocenters. The maximum atomic E-state index is 13.1. The Morgan fingerprint density at radius 3 is 2.58 bits per heavy atom. The van der Waals surface area contributed by atoms with Crippen molar-refractivity contribution in [3.63, 3.8) is 0 Å². The number of nitrogens with zero attached hydrogens (tertiary/aromatic N) is 1. The molecule has 0 saturated carbocycles. The van der Waals surface area contributed by atoms with Crippen LogP contribution in [0.5, 0.6) is 11.6 Å². The van der Waals surface area contributed by atoms with Gasteiger partial charge >= 0.3 is 6.18 Å². The molecular weight excluding hydrogens is 475 g/mol. The first-order chi connectivity index (χ1) is 15.3. The highest BCUT2D eigenvalue weighted by molar-refractivity contribution is 7.19.